The molecule has 0 saturated carbocycles. The average Bonchev–Trinajstić information content (AvgIpc) is 1.27. The Morgan fingerprint density at radius 2 is 2.50 bits per heavy atom. The highest BCUT2D eigenvalue weighted by Gasteiger charge is 1.67. The van der Waals surface area contributed by atoms with Gasteiger partial charge < -0.3 is 0 Å². The Morgan fingerprint density at radius 1 is 2.00 bits per heavy atom. The van der Waals surface area contributed by atoms with Gasteiger partial charge in [0.1, 0.15) is 1.37 Å². The van der Waals surface area contributed by atoms with E-state index in [1.165, 1.54) is 0 Å². The first kappa shape index (κ1) is 3.53. The highest BCUT2D eigenvalue weighted by atomic mass is 16.1. The van der Waals surface area contributed by atoms with Gasteiger partial charge in [-0.1, -0.05) is 0 Å². The van der Waals surface area contributed by atoms with Crippen LogP contribution in [0.5, 0.6) is 0 Å². The summed E-state index contributed by atoms with van der Waals surface area (Å²) in [7, 11) is 0. The first-order chi connectivity index (χ1) is 3.13. The Kier molecular flexibility index (Phi) is 1.51. The van der Waals surface area contributed by atoms with Crippen molar-refractivity contribution in [2.45, 2.75) is 13.8 Å². The molecule has 0 aromatic heterocycles. The van der Waals surface area contributed by atoms with E-state index in [1.807, 2.05) is 0 Å². The molecular weight excluding hydrogens is 78.0 g/mol. The highest BCUT2D eigenvalue weighted by Crippen LogP contribution is 1.65. The molecule has 0 heterocycles. The van der Waals surface area contributed by atoms with Crippen molar-refractivity contribution >= 4 is 12.1 Å². The maximum absolute atomic E-state index is 9.73. The van der Waals surface area contributed by atoms with Crippen LogP contribution in [0.15, 0.2) is 4.99 Å². The fourth-order valence-corrected chi connectivity index (χ4v) is 0.0913. The van der Waals surface area contributed by atoms with E-state index in [4.69, 9.17) is 1.37 Å². The van der Waals surface area contributed by atoms with Crippen molar-refractivity contribution < 1.29 is 6.17 Å². The van der Waals surface area contributed by atoms with E-state index in [0.29, 0.717) is 5.71 Å². The molecule has 0 bridgehead atoms. The molecule has 0 spiro atoms. The topological polar surface area (TPSA) is 29.4 Å². The van der Waals surface area contributed by atoms with Crippen LogP contribution in [0.4, 0.5) is 0 Å². The Morgan fingerprint density at radius 3 is 2.50 bits per heavy atom. The Labute approximate surface area is 38.3 Å². The second kappa shape index (κ2) is 2.57. The first-order valence-corrected chi connectivity index (χ1v) is 1.65. The largest absolute Gasteiger partial charge is 0.276 e. The molecule has 0 aliphatic rings. The van der Waals surface area contributed by atoms with Crippen LogP contribution < -0.4 is 0 Å². The summed E-state index contributed by atoms with van der Waals surface area (Å²) in [6.07, 6.45) is -0.875. The third kappa shape index (κ3) is 3.34. The van der Waals surface area contributed by atoms with Crippen LogP contribution in [0.3, 0.4) is 0 Å². The van der Waals surface area contributed by atoms with Gasteiger partial charge in [0, 0.05) is 5.71 Å². The SMILES string of the molecule is [2H]C(=O)N=C(C)C. The van der Waals surface area contributed by atoms with E-state index >= 15 is 0 Å². The standard InChI is InChI=1S/C4H7NO/c1-4(2)5-3-6/h3H,1-2H3/i3D. The molecule has 0 atom stereocenters. The van der Waals surface area contributed by atoms with Gasteiger partial charge in [-0.3, -0.25) is 4.79 Å². The molecule has 0 saturated heterocycles. The summed E-state index contributed by atoms with van der Waals surface area (Å²) in [6, 6.07) is 0. The highest BCUT2D eigenvalue weighted by molar-refractivity contribution is 5.85. The quantitative estimate of drug-likeness (QED) is 0.314. The van der Waals surface area contributed by atoms with Gasteiger partial charge in [-0.2, -0.15) is 0 Å². The van der Waals surface area contributed by atoms with Crippen molar-refractivity contribution in [1.29, 1.82) is 0 Å². The van der Waals surface area contributed by atoms with Gasteiger partial charge in [0.05, 0.1) is 0 Å². The number of aliphatic imine (C=N–C) groups is 1. The predicted molar refractivity (Wildman–Crippen MR) is 24.8 cm³/mol. The van der Waals surface area contributed by atoms with E-state index < -0.39 is 6.39 Å². The fraction of sp³-hybridized carbons (Fsp3) is 0.500. The van der Waals surface area contributed by atoms with E-state index in [9.17, 15) is 4.79 Å². The number of carbonyl (C=O) groups excluding carboxylic acids is 1. The number of hydrogen-bond acceptors (Lipinski definition) is 1. The Balaban J connectivity index is 3.68. The monoisotopic (exact) mass is 86.1 g/mol. The van der Waals surface area contributed by atoms with Crippen LogP contribution in [0.2, 0.25) is 0 Å². The van der Waals surface area contributed by atoms with Gasteiger partial charge >= 0.3 is 0 Å². The van der Waals surface area contributed by atoms with Crippen molar-refractivity contribution in [1.82, 2.24) is 0 Å². The summed E-state index contributed by atoms with van der Waals surface area (Å²) in [6.45, 7) is 3.35. The van der Waals surface area contributed by atoms with Crippen molar-refractivity contribution in [3.8, 4) is 0 Å². The molecule has 0 unspecified atom stereocenters. The average molecular weight is 86.1 g/mol. The predicted octanol–water partition coefficient (Wildman–Crippen LogP) is 0.624. The lowest BCUT2D eigenvalue weighted by Gasteiger charge is -1.73. The molecule has 2 nitrogen and oxygen atoms in total. The minimum absolute atomic E-state index is 0.625. The first-order valence-electron chi connectivity index (χ1n) is 2.15. The van der Waals surface area contributed by atoms with Crippen LogP contribution in [0, 0.1) is 0 Å². The number of carbonyl (C=O) groups is 1. The van der Waals surface area contributed by atoms with Crippen LogP contribution in [-0.2, 0) is 4.79 Å². The summed E-state index contributed by atoms with van der Waals surface area (Å²) >= 11 is 0. The molecule has 2 heteroatoms. The van der Waals surface area contributed by atoms with Crippen LogP contribution in [-0.4, -0.2) is 12.1 Å². The maximum Gasteiger partial charge on any atom is 0.232 e. The van der Waals surface area contributed by atoms with Gasteiger partial charge in [0.2, 0.25) is 6.39 Å². The molecule has 0 rings (SSSR count). The number of hydrogen-bond donors (Lipinski definition) is 0. The molecule has 0 aromatic carbocycles. The molecule has 0 N–H and O–H groups in total. The van der Waals surface area contributed by atoms with Crippen LogP contribution in [0.1, 0.15) is 15.2 Å². The zero-order valence-corrected chi connectivity index (χ0v) is 3.86. The van der Waals surface area contributed by atoms with Gasteiger partial charge in [-0.05, 0) is 13.8 Å². The van der Waals surface area contributed by atoms with Crippen LogP contribution >= 0.6 is 0 Å². The normalized spacial score (nSPS) is 9.33. The third-order valence-corrected chi connectivity index (χ3v) is 0.269. The van der Waals surface area contributed by atoms with E-state index in [0.717, 1.165) is 0 Å². The molecule has 0 aliphatic carbocycles. The second-order valence-electron chi connectivity index (χ2n) is 1.15. The second-order valence-corrected chi connectivity index (χ2v) is 1.15. The summed E-state index contributed by atoms with van der Waals surface area (Å²) in [5.74, 6) is 0. The van der Waals surface area contributed by atoms with Crippen molar-refractivity contribution in [2.75, 3.05) is 0 Å². The zero-order valence-electron chi connectivity index (χ0n) is 4.86. The van der Waals surface area contributed by atoms with Crippen LogP contribution in [0.25, 0.3) is 0 Å². The summed E-state index contributed by atoms with van der Waals surface area (Å²) in [5.41, 5.74) is 0.625. The molecular formula is C4H7NO. The van der Waals surface area contributed by atoms with E-state index in [1.54, 1.807) is 13.8 Å². The van der Waals surface area contributed by atoms with Crippen molar-refractivity contribution in [3.05, 3.63) is 0 Å². The molecule has 0 radical (unpaired) electrons. The fourth-order valence-electron chi connectivity index (χ4n) is 0.0913. The summed E-state index contributed by atoms with van der Waals surface area (Å²) in [5, 5.41) is 0. The number of rotatable bonds is 0. The minimum Gasteiger partial charge on any atom is -0.276 e. The minimum atomic E-state index is -0.875. The van der Waals surface area contributed by atoms with Gasteiger partial charge in [0.25, 0.3) is 0 Å². The molecule has 34 valence electrons. The van der Waals surface area contributed by atoms with E-state index in [-0.39, 0.29) is 0 Å². The molecule has 0 aliphatic heterocycles. The molecule has 1 amide bonds. The molecule has 6 heavy (non-hydrogen) atoms. The number of amides is 1. The Hall–Kier alpha value is -0.660. The van der Waals surface area contributed by atoms with Crippen molar-refractivity contribution in [2.24, 2.45) is 4.99 Å². The lowest BCUT2D eigenvalue weighted by atomic mass is 10.5. The lowest BCUT2D eigenvalue weighted by Crippen LogP contribution is -1.77. The zero-order chi connectivity index (χ0) is 5.86. The maximum atomic E-state index is 9.73. The Bertz CT molecular complexity index is 104. The van der Waals surface area contributed by atoms with E-state index in [2.05, 4.69) is 4.99 Å². The summed E-state index contributed by atoms with van der Waals surface area (Å²) < 4.78 is 6.28. The lowest BCUT2D eigenvalue weighted by molar-refractivity contribution is -0.106. The molecule has 0 aromatic rings. The third-order valence-electron chi connectivity index (χ3n) is 0.269. The number of nitrogens with zero attached hydrogens (tertiary/aromatic N) is 1. The van der Waals surface area contributed by atoms with Gasteiger partial charge in [0.15, 0.2) is 0 Å². The van der Waals surface area contributed by atoms with Gasteiger partial charge in [-0.15, -0.1) is 0 Å². The smallest absolute Gasteiger partial charge is 0.232 e. The van der Waals surface area contributed by atoms with Gasteiger partial charge in [-0.25, -0.2) is 4.99 Å². The summed E-state index contributed by atoms with van der Waals surface area (Å²) in [4.78, 5) is 13.0. The van der Waals surface area contributed by atoms with Crippen molar-refractivity contribution in [3.63, 3.8) is 0 Å². The molecule has 0 fully saturated rings.